The molecule has 0 aliphatic carbocycles. The van der Waals surface area contributed by atoms with Crippen LogP contribution < -0.4 is 0 Å². The van der Waals surface area contributed by atoms with Gasteiger partial charge in [0.2, 0.25) is 0 Å². The smallest absolute Gasteiger partial charge is 0.130 e. The Bertz CT molecular complexity index is 967. The molecule has 136 valence electrons. The molecule has 0 radical (unpaired) electrons. The van der Waals surface area contributed by atoms with Gasteiger partial charge in [0.15, 0.2) is 0 Å². The van der Waals surface area contributed by atoms with Crippen molar-refractivity contribution in [2.75, 3.05) is 6.54 Å². The van der Waals surface area contributed by atoms with Crippen LogP contribution >= 0.6 is 0 Å². The molecule has 1 N–H and O–H groups in total. The van der Waals surface area contributed by atoms with Crippen molar-refractivity contribution in [1.29, 1.82) is 5.26 Å². The molecule has 1 atom stereocenters. The van der Waals surface area contributed by atoms with Gasteiger partial charge in [0.25, 0.3) is 0 Å². The molecule has 0 spiro atoms. The summed E-state index contributed by atoms with van der Waals surface area (Å²) >= 11 is 0. The Balaban J connectivity index is 1.67. The van der Waals surface area contributed by atoms with E-state index < -0.39 is 0 Å². The number of aromatic nitrogens is 4. The standard InChI is InChI=1S/C21H22N6/c1-14(2)21-23-10-16(11-24-21)12-27-7-6-18-19(26-13-25-18)20(27)17-5-3-4-15(8-17)9-22/h3-5,8,10-11,13-14,20H,6-7,12H2,1-2H3,(H,25,26)/t20-/m1/s1. The topological polar surface area (TPSA) is 81.5 Å². The number of aromatic amines is 1. The average molecular weight is 358 g/mol. The minimum Gasteiger partial charge on any atom is -0.348 e. The minimum absolute atomic E-state index is 0.0121. The van der Waals surface area contributed by atoms with Gasteiger partial charge in [-0.25, -0.2) is 15.0 Å². The summed E-state index contributed by atoms with van der Waals surface area (Å²) in [6, 6.07) is 10.1. The maximum Gasteiger partial charge on any atom is 0.130 e. The molecule has 1 aromatic carbocycles. The Morgan fingerprint density at radius 2 is 2.07 bits per heavy atom. The molecule has 6 nitrogen and oxygen atoms in total. The Morgan fingerprint density at radius 3 is 2.81 bits per heavy atom. The lowest BCUT2D eigenvalue weighted by Gasteiger charge is -2.35. The molecule has 3 aromatic rings. The number of hydrogen-bond acceptors (Lipinski definition) is 5. The molecule has 0 saturated carbocycles. The van der Waals surface area contributed by atoms with Crippen LogP contribution in [0.3, 0.4) is 0 Å². The zero-order chi connectivity index (χ0) is 18.8. The lowest BCUT2D eigenvalue weighted by Crippen LogP contribution is -2.36. The van der Waals surface area contributed by atoms with Gasteiger partial charge in [0.1, 0.15) is 5.82 Å². The molecule has 0 amide bonds. The van der Waals surface area contributed by atoms with Gasteiger partial charge in [-0.2, -0.15) is 5.26 Å². The van der Waals surface area contributed by atoms with Gasteiger partial charge in [0, 0.05) is 49.1 Å². The molecule has 27 heavy (non-hydrogen) atoms. The quantitative estimate of drug-likeness (QED) is 0.773. The van der Waals surface area contributed by atoms with Crippen LogP contribution in [0.25, 0.3) is 0 Å². The highest BCUT2D eigenvalue weighted by Crippen LogP contribution is 2.34. The van der Waals surface area contributed by atoms with Gasteiger partial charge < -0.3 is 4.98 Å². The maximum atomic E-state index is 9.29. The Kier molecular flexibility index (Phi) is 4.69. The molecule has 3 heterocycles. The highest BCUT2D eigenvalue weighted by Gasteiger charge is 2.31. The molecule has 2 aromatic heterocycles. The van der Waals surface area contributed by atoms with E-state index >= 15 is 0 Å². The van der Waals surface area contributed by atoms with E-state index in [-0.39, 0.29) is 6.04 Å². The number of hydrogen-bond donors (Lipinski definition) is 1. The van der Waals surface area contributed by atoms with Crippen molar-refractivity contribution in [3.8, 4) is 6.07 Å². The molecular formula is C21H22N6. The third-order valence-corrected chi connectivity index (χ3v) is 4.98. The van der Waals surface area contributed by atoms with Crippen LogP contribution in [0, 0.1) is 11.3 Å². The fourth-order valence-electron chi connectivity index (χ4n) is 3.62. The number of fused-ring (bicyclic) bond motifs is 1. The molecule has 0 fully saturated rings. The van der Waals surface area contributed by atoms with Gasteiger partial charge in [-0.15, -0.1) is 0 Å². The van der Waals surface area contributed by atoms with Gasteiger partial charge in [-0.05, 0) is 17.7 Å². The van der Waals surface area contributed by atoms with E-state index in [9.17, 15) is 5.26 Å². The van der Waals surface area contributed by atoms with Gasteiger partial charge in [-0.1, -0.05) is 26.0 Å². The van der Waals surface area contributed by atoms with Crippen molar-refractivity contribution in [2.45, 2.75) is 38.8 Å². The molecule has 6 heteroatoms. The van der Waals surface area contributed by atoms with E-state index in [2.05, 4.69) is 50.8 Å². The number of nitrogens with zero attached hydrogens (tertiary/aromatic N) is 5. The van der Waals surface area contributed by atoms with E-state index in [1.807, 2.05) is 30.6 Å². The number of rotatable bonds is 4. The average Bonchev–Trinajstić information content (AvgIpc) is 3.17. The molecule has 0 unspecified atom stereocenters. The SMILES string of the molecule is CC(C)c1ncc(CN2CCc3[nH]cnc3[C@H]2c2cccc(C#N)c2)cn1. The summed E-state index contributed by atoms with van der Waals surface area (Å²) in [5, 5.41) is 9.29. The first-order chi connectivity index (χ1) is 13.2. The molecule has 1 aliphatic heterocycles. The van der Waals surface area contributed by atoms with Crippen LogP contribution in [-0.2, 0) is 13.0 Å². The summed E-state index contributed by atoms with van der Waals surface area (Å²) in [5.41, 5.74) is 5.04. The van der Waals surface area contributed by atoms with Gasteiger partial charge >= 0.3 is 0 Å². The van der Waals surface area contributed by atoms with Crippen molar-refractivity contribution < 1.29 is 0 Å². The summed E-state index contributed by atoms with van der Waals surface area (Å²) in [6.45, 7) is 5.84. The second kappa shape index (κ2) is 7.29. The van der Waals surface area contributed by atoms with Crippen LogP contribution in [0.15, 0.2) is 43.0 Å². The van der Waals surface area contributed by atoms with Gasteiger partial charge in [0.05, 0.1) is 29.7 Å². The van der Waals surface area contributed by atoms with Crippen molar-refractivity contribution in [3.63, 3.8) is 0 Å². The number of benzene rings is 1. The van der Waals surface area contributed by atoms with E-state index in [1.165, 1.54) is 5.69 Å². The largest absolute Gasteiger partial charge is 0.348 e. The first kappa shape index (κ1) is 17.4. The van der Waals surface area contributed by atoms with Crippen molar-refractivity contribution in [3.05, 3.63) is 76.9 Å². The predicted octanol–water partition coefficient (Wildman–Crippen LogP) is 3.34. The summed E-state index contributed by atoms with van der Waals surface area (Å²) in [6.07, 6.45) is 6.53. The van der Waals surface area contributed by atoms with Crippen LogP contribution in [0.4, 0.5) is 0 Å². The molecule has 4 rings (SSSR count). The van der Waals surface area contributed by atoms with Crippen LogP contribution in [-0.4, -0.2) is 31.4 Å². The van der Waals surface area contributed by atoms with E-state index in [0.717, 1.165) is 42.2 Å². The first-order valence-corrected chi connectivity index (χ1v) is 9.22. The first-order valence-electron chi connectivity index (χ1n) is 9.22. The Labute approximate surface area is 158 Å². The number of H-pyrrole nitrogens is 1. The summed E-state index contributed by atoms with van der Waals surface area (Å²) in [7, 11) is 0. The van der Waals surface area contributed by atoms with Crippen LogP contribution in [0.5, 0.6) is 0 Å². The number of nitrogens with one attached hydrogen (secondary N) is 1. The van der Waals surface area contributed by atoms with Gasteiger partial charge in [-0.3, -0.25) is 4.90 Å². The zero-order valence-corrected chi connectivity index (χ0v) is 15.6. The molecule has 0 saturated heterocycles. The summed E-state index contributed by atoms with van der Waals surface area (Å²) < 4.78 is 0. The fraction of sp³-hybridized carbons (Fsp3) is 0.333. The fourth-order valence-corrected chi connectivity index (χ4v) is 3.62. The normalized spacial score (nSPS) is 16.9. The van der Waals surface area contributed by atoms with E-state index in [0.29, 0.717) is 11.5 Å². The maximum absolute atomic E-state index is 9.29. The third-order valence-electron chi connectivity index (χ3n) is 4.98. The number of nitriles is 1. The summed E-state index contributed by atoms with van der Waals surface area (Å²) in [5.74, 6) is 1.19. The highest BCUT2D eigenvalue weighted by atomic mass is 15.2. The Hall–Kier alpha value is -3.04. The minimum atomic E-state index is 0.0121. The zero-order valence-electron chi connectivity index (χ0n) is 15.6. The van der Waals surface area contributed by atoms with Crippen LogP contribution in [0.2, 0.25) is 0 Å². The lowest BCUT2D eigenvalue weighted by molar-refractivity contribution is 0.200. The predicted molar refractivity (Wildman–Crippen MR) is 102 cm³/mol. The second-order valence-corrected chi connectivity index (χ2v) is 7.23. The third kappa shape index (κ3) is 3.46. The van der Waals surface area contributed by atoms with E-state index in [1.54, 1.807) is 6.33 Å². The highest BCUT2D eigenvalue weighted by molar-refractivity contribution is 5.39. The molecular weight excluding hydrogens is 336 g/mol. The number of imidazole rings is 1. The second-order valence-electron chi connectivity index (χ2n) is 7.23. The van der Waals surface area contributed by atoms with Crippen molar-refractivity contribution >= 4 is 0 Å². The Morgan fingerprint density at radius 1 is 1.26 bits per heavy atom. The van der Waals surface area contributed by atoms with E-state index in [4.69, 9.17) is 0 Å². The molecule has 1 aliphatic rings. The lowest BCUT2D eigenvalue weighted by atomic mass is 9.94. The molecule has 0 bridgehead atoms. The van der Waals surface area contributed by atoms with Crippen molar-refractivity contribution in [1.82, 2.24) is 24.8 Å². The van der Waals surface area contributed by atoms with Crippen molar-refractivity contribution in [2.24, 2.45) is 0 Å². The summed E-state index contributed by atoms with van der Waals surface area (Å²) in [4.78, 5) is 19.2. The van der Waals surface area contributed by atoms with Crippen LogP contribution in [0.1, 0.15) is 59.7 Å². The monoisotopic (exact) mass is 358 g/mol.